The van der Waals surface area contributed by atoms with Gasteiger partial charge in [0.2, 0.25) is 0 Å². The van der Waals surface area contributed by atoms with E-state index in [9.17, 15) is 0 Å². The number of nitrogens with one attached hydrogen (secondary N) is 2. The molecule has 5 nitrogen and oxygen atoms in total. The van der Waals surface area contributed by atoms with Gasteiger partial charge in [0, 0.05) is 58.9 Å². The number of anilines is 2. The van der Waals surface area contributed by atoms with Gasteiger partial charge in [-0.15, -0.1) is 11.3 Å². The third-order valence-corrected chi connectivity index (χ3v) is 7.12. The predicted molar refractivity (Wildman–Crippen MR) is 133 cm³/mol. The zero-order chi connectivity index (χ0) is 21.3. The Hall–Kier alpha value is -3.19. The molecule has 2 N–H and O–H groups in total. The molecular weight excluding hydrogens is 416 g/mol. The molecule has 2 aromatic carbocycles. The Morgan fingerprint density at radius 1 is 1.03 bits per heavy atom. The van der Waals surface area contributed by atoms with Gasteiger partial charge in [-0.25, -0.2) is 4.98 Å². The average molecular weight is 441 g/mol. The summed E-state index contributed by atoms with van der Waals surface area (Å²) in [7, 11) is 0. The van der Waals surface area contributed by atoms with Gasteiger partial charge in [0.15, 0.2) is 0 Å². The Kier molecular flexibility index (Phi) is 5.11. The van der Waals surface area contributed by atoms with Crippen molar-refractivity contribution in [2.75, 3.05) is 31.6 Å². The molecule has 0 unspecified atom stereocenters. The standard InChI is InChI=1S/C26H24N4OS/c1-2-4-21(19(3-1)17-30-11-13-31-14-12-30)25-16-22-24(8-10-28-26(22)32-25)29-20-5-6-23-18(15-20)7-9-27-23/h1-10,15-16,27H,11-14,17H2,(H,28,29). The van der Waals surface area contributed by atoms with Crippen molar-refractivity contribution < 1.29 is 4.74 Å². The minimum atomic E-state index is 0.818. The highest BCUT2D eigenvalue weighted by atomic mass is 32.1. The van der Waals surface area contributed by atoms with Gasteiger partial charge in [-0.05, 0) is 47.5 Å². The number of hydrogen-bond donors (Lipinski definition) is 2. The smallest absolute Gasteiger partial charge is 0.125 e. The largest absolute Gasteiger partial charge is 0.379 e. The topological polar surface area (TPSA) is 53.2 Å². The zero-order valence-corrected chi connectivity index (χ0v) is 18.5. The van der Waals surface area contributed by atoms with E-state index in [1.54, 1.807) is 11.3 Å². The monoisotopic (exact) mass is 440 g/mol. The molecule has 1 aliphatic heterocycles. The van der Waals surface area contributed by atoms with Crippen molar-refractivity contribution in [1.29, 1.82) is 0 Å². The lowest BCUT2D eigenvalue weighted by Crippen LogP contribution is -2.35. The first-order valence-corrected chi connectivity index (χ1v) is 11.8. The summed E-state index contributed by atoms with van der Waals surface area (Å²) in [5, 5.41) is 5.96. The quantitative estimate of drug-likeness (QED) is 0.351. The Balaban J connectivity index is 1.34. The molecular formula is C26H24N4OS. The third-order valence-electron chi connectivity index (χ3n) is 6.05. The summed E-state index contributed by atoms with van der Waals surface area (Å²) in [5.74, 6) is 0. The first kappa shape index (κ1) is 19.5. The van der Waals surface area contributed by atoms with Crippen LogP contribution in [-0.2, 0) is 11.3 Å². The number of benzene rings is 2. The molecule has 4 heterocycles. The van der Waals surface area contributed by atoms with Crippen molar-refractivity contribution in [1.82, 2.24) is 14.9 Å². The maximum Gasteiger partial charge on any atom is 0.125 e. The van der Waals surface area contributed by atoms with Crippen molar-refractivity contribution in [3.05, 3.63) is 78.6 Å². The number of ether oxygens (including phenoxy) is 1. The maximum atomic E-state index is 5.52. The molecule has 5 aromatic rings. The number of rotatable bonds is 5. The van der Waals surface area contributed by atoms with E-state index in [2.05, 4.69) is 80.8 Å². The average Bonchev–Trinajstić information content (AvgIpc) is 3.47. The van der Waals surface area contributed by atoms with Crippen LogP contribution in [0.3, 0.4) is 0 Å². The molecule has 160 valence electrons. The second-order valence-corrected chi connectivity index (χ2v) is 9.17. The minimum Gasteiger partial charge on any atom is -0.379 e. The highest BCUT2D eigenvalue weighted by molar-refractivity contribution is 7.22. The van der Waals surface area contributed by atoms with Crippen molar-refractivity contribution in [3.63, 3.8) is 0 Å². The molecule has 0 atom stereocenters. The third kappa shape index (κ3) is 3.77. The summed E-state index contributed by atoms with van der Waals surface area (Å²) < 4.78 is 5.52. The van der Waals surface area contributed by atoms with Crippen LogP contribution in [0.4, 0.5) is 11.4 Å². The first-order valence-electron chi connectivity index (χ1n) is 10.9. The highest BCUT2D eigenvalue weighted by Gasteiger charge is 2.16. The lowest BCUT2D eigenvalue weighted by molar-refractivity contribution is 0.0342. The molecule has 1 fully saturated rings. The summed E-state index contributed by atoms with van der Waals surface area (Å²) in [5.41, 5.74) is 5.95. The number of hydrogen-bond acceptors (Lipinski definition) is 5. The fourth-order valence-electron chi connectivity index (χ4n) is 4.37. The normalized spacial score (nSPS) is 14.9. The molecule has 0 bridgehead atoms. The maximum absolute atomic E-state index is 5.52. The van der Waals surface area contributed by atoms with E-state index in [1.807, 2.05) is 12.4 Å². The number of H-pyrrole nitrogens is 1. The first-order chi connectivity index (χ1) is 15.8. The van der Waals surface area contributed by atoms with Crippen LogP contribution >= 0.6 is 11.3 Å². The van der Waals surface area contributed by atoms with Crippen LogP contribution in [0.15, 0.2) is 73.1 Å². The summed E-state index contributed by atoms with van der Waals surface area (Å²) in [6.45, 7) is 4.56. The van der Waals surface area contributed by atoms with Crippen molar-refractivity contribution in [2.45, 2.75) is 6.54 Å². The van der Waals surface area contributed by atoms with Crippen molar-refractivity contribution >= 4 is 43.8 Å². The van der Waals surface area contributed by atoms with E-state index in [1.165, 1.54) is 21.4 Å². The van der Waals surface area contributed by atoms with Gasteiger partial charge in [0.1, 0.15) is 4.83 Å². The molecule has 6 rings (SSSR count). The second kappa shape index (κ2) is 8.39. The molecule has 6 heteroatoms. The predicted octanol–water partition coefficient (Wildman–Crippen LogP) is 6.02. The number of aromatic nitrogens is 2. The molecule has 1 saturated heterocycles. The van der Waals surface area contributed by atoms with Crippen LogP contribution in [-0.4, -0.2) is 41.2 Å². The van der Waals surface area contributed by atoms with Gasteiger partial charge >= 0.3 is 0 Å². The molecule has 0 radical (unpaired) electrons. The van der Waals surface area contributed by atoms with E-state index in [0.717, 1.165) is 60.0 Å². The highest BCUT2D eigenvalue weighted by Crippen LogP contribution is 2.38. The van der Waals surface area contributed by atoms with Gasteiger partial charge < -0.3 is 15.0 Å². The Morgan fingerprint density at radius 2 is 1.94 bits per heavy atom. The van der Waals surface area contributed by atoms with E-state index >= 15 is 0 Å². The van der Waals surface area contributed by atoms with Gasteiger partial charge in [0.25, 0.3) is 0 Å². The van der Waals surface area contributed by atoms with Gasteiger partial charge in [-0.2, -0.15) is 0 Å². The Labute approximate surface area is 190 Å². The molecule has 3 aromatic heterocycles. The molecule has 0 aliphatic carbocycles. The van der Waals surface area contributed by atoms with E-state index in [-0.39, 0.29) is 0 Å². The van der Waals surface area contributed by atoms with E-state index in [0.29, 0.717) is 0 Å². The second-order valence-electron chi connectivity index (χ2n) is 8.14. The molecule has 0 saturated carbocycles. The van der Waals surface area contributed by atoms with Crippen molar-refractivity contribution in [2.24, 2.45) is 0 Å². The minimum absolute atomic E-state index is 0.818. The van der Waals surface area contributed by atoms with Crippen LogP contribution in [0, 0.1) is 0 Å². The van der Waals surface area contributed by atoms with Crippen molar-refractivity contribution in [3.8, 4) is 10.4 Å². The van der Waals surface area contributed by atoms with Crippen LogP contribution in [0.5, 0.6) is 0 Å². The van der Waals surface area contributed by atoms with Crippen LogP contribution in [0.2, 0.25) is 0 Å². The molecule has 32 heavy (non-hydrogen) atoms. The fourth-order valence-corrected chi connectivity index (χ4v) is 5.45. The lowest BCUT2D eigenvalue weighted by atomic mass is 10.0. The van der Waals surface area contributed by atoms with Gasteiger partial charge in [0.05, 0.1) is 18.9 Å². The van der Waals surface area contributed by atoms with Crippen LogP contribution < -0.4 is 5.32 Å². The fraction of sp³-hybridized carbons (Fsp3) is 0.192. The SMILES string of the molecule is c1ccc(-c2cc3c(Nc4ccc5[nH]ccc5c4)ccnc3s2)c(CN2CCOCC2)c1. The summed E-state index contributed by atoms with van der Waals surface area (Å²) >= 11 is 1.76. The number of fused-ring (bicyclic) bond motifs is 2. The Bertz CT molecular complexity index is 1380. The Morgan fingerprint density at radius 3 is 2.88 bits per heavy atom. The van der Waals surface area contributed by atoms with E-state index < -0.39 is 0 Å². The molecule has 0 spiro atoms. The number of nitrogens with zero attached hydrogens (tertiary/aromatic N) is 2. The zero-order valence-electron chi connectivity index (χ0n) is 17.7. The lowest BCUT2D eigenvalue weighted by Gasteiger charge is -2.27. The van der Waals surface area contributed by atoms with Gasteiger partial charge in [-0.3, -0.25) is 4.90 Å². The number of pyridine rings is 1. The van der Waals surface area contributed by atoms with Crippen LogP contribution in [0.1, 0.15) is 5.56 Å². The summed E-state index contributed by atoms with van der Waals surface area (Å²) in [4.78, 5) is 12.7. The summed E-state index contributed by atoms with van der Waals surface area (Å²) in [6, 6.07) is 21.5. The molecule has 1 aliphatic rings. The summed E-state index contributed by atoms with van der Waals surface area (Å²) in [6.07, 6.45) is 3.86. The number of aromatic amines is 1. The van der Waals surface area contributed by atoms with E-state index in [4.69, 9.17) is 4.74 Å². The van der Waals surface area contributed by atoms with Crippen LogP contribution in [0.25, 0.3) is 31.6 Å². The van der Waals surface area contributed by atoms with Gasteiger partial charge in [-0.1, -0.05) is 24.3 Å². The number of thiophene rings is 1. The molecule has 0 amide bonds. The number of morpholine rings is 1.